The first-order valence-electron chi connectivity index (χ1n) is 7.43. The van der Waals surface area contributed by atoms with Crippen molar-refractivity contribution in [3.63, 3.8) is 0 Å². The molecule has 0 radical (unpaired) electrons. The van der Waals surface area contributed by atoms with Crippen LogP contribution in [0.25, 0.3) is 0 Å². The molecule has 2 aromatic rings. The van der Waals surface area contributed by atoms with Crippen molar-refractivity contribution in [2.75, 3.05) is 18.5 Å². The smallest absolute Gasteiger partial charge is 0.269 e. The Hall–Kier alpha value is -2.50. The number of anilines is 1. The van der Waals surface area contributed by atoms with E-state index in [9.17, 15) is 4.79 Å². The number of aromatic nitrogens is 3. The van der Waals surface area contributed by atoms with E-state index in [1.165, 1.54) is 0 Å². The molecule has 0 bridgehead atoms. The maximum Gasteiger partial charge on any atom is 0.269 e. The van der Waals surface area contributed by atoms with Gasteiger partial charge in [0.15, 0.2) is 0 Å². The average Bonchev–Trinajstić information content (AvgIpc) is 3.04. The summed E-state index contributed by atoms with van der Waals surface area (Å²) < 4.78 is 0. The van der Waals surface area contributed by atoms with Crippen molar-refractivity contribution in [1.82, 2.24) is 20.3 Å². The maximum atomic E-state index is 11.8. The topological polar surface area (TPSA) is 71.0 Å². The minimum absolute atomic E-state index is 0.152. The first kappa shape index (κ1) is 14.4. The second kappa shape index (κ2) is 6.09. The minimum Gasteiger partial charge on any atom is -0.354 e. The molecule has 3 heterocycles. The minimum atomic E-state index is -0.163. The highest BCUT2D eigenvalue weighted by molar-refractivity contribution is 5.92. The lowest BCUT2D eigenvalue weighted by Crippen LogP contribution is -2.26. The molecule has 3 rings (SSSR count). The highest BCUT2D eigenvalue weighted by Crippen LogP contribution is 2.34. The maximum absolute atomic E-state index is 11.8. The Balaban J connectivity index is 1.92. The largest absolute Gasteiger partial charge is 0.354 e. The third-order valence-electron chi connectivity index (χ3n) is 3.91. The van der Waals surface area contributed by atoms with Gasteiger partial charge in [0.2, 0.25) is 0 Å². The van der Waals surface area contributed by atoms with Crippen molar-refractivity contribution >= 4 is 11.7 Å². The van der Waals surface area contributed by atoms with Crippen LogP contribution in [0.5, 0.6) is 0 Å². The molecule has 0 aliphatic carbocycles. The predicted molar refractivity (Wildman–Crippen MR) is 83.7 cm³/mol. The lowest BCUT2D eigenvalue weighted by Gasteiger charge is -2.25. The predicted octanol–water partition coefficient (Wildman–Crippen LogP) is 1.88. The van der Waals surface area contributed by atoms with Crippen LogP contribution >= 0.6 is 0 Å². The van der Waals surface area contributed by atoms with E-state index in [-0.39, 0.29) is 11.9 Å². The number of carbonyl (C=O) groups is 1. The van der Waals surface area contributed by atoms with E-state index in [2.05, 4.69) is 25.2 Å². The fourth-order valence-electron chi connectivity index (χ4n) is 2.84. The Labute approximate surface area is 129 Å². The Morgan fingerprint density at radius 2 is 2.23 bits per heavy atom. The number of rotatable bonds is 3. The van der Waals surface area contributed by atoms with E-state index in [1.807, 2.05) is 25.1 Å². The van der Waals surface area contributed by atoms with Crippen molar-refractivity contribution in [3.05, 3.63) is 47.7 Å². The number of carbonyl (C=O) groups excluding carboxylic acids is 1. The van der Waals surface area contributed by atoms with Crippen molar-refractivity contribution in [2.45, 2.75) is 25.8 Å². The van der Waals surface area contributed by atoms with Crippen molar-refractivity contribution in [1.29, 1.82) is 0 Å². The van der Waals surface area contributed by atoms with Crippen molar-refractivity contribution in [3.8, 4) is 0 Å². The van der Waals surface area contributed by atoms with Crippen LogP contribution in [0.3, 0.4) is 0 Å². The molecule has 6 heteroatoms. The van der Waals surface area contributed by atoms with Crippen LogP contribution in [0.1, 0.15) is 40.8 Å². The molecule has 1 N–H and O–H groups in total. The van der Waals surface area contributed by atoms with Gasteiger partial charge in [0.1, 0.15) is 17.8 Å². The van der Waals surface area contributed by atoms with Crippen molar-refractivity contribution in [2.24, 2.45) is 0 Å². The highest BCUT2D eigenvalue weighted by atomic mass is 16.1. The summed E-state index contributed by atoms with van der Waals surface area (Å²) in [4.78, 5) is 27.1. The van der Waals surface area contributed by atoms with Crippen LogP contribution < -0.4 is 10.2 Å². The van der Waals surface area contributed by atoms with Crippen LogP contribution in [0.15, 0.2) is 30.6 Å². The van der Waals surface area contributed by atoms with Crippen LogP contribution in [-0.2, 0) is 0 Å². The third-order valence-corrected chi connectivity index (χ3v) is 3.91. The molecule has 0 spiro atoms. The van der Waals surface area contributed by atoms with E-state index in [0.29, 0.717) is 5.69 Å². The normalized spacial score (nSPS) is 17.5. The molecule has 1 atom stereocenters. The molecule has 0 unspecified atom stereocenters. The first-order chi connectivity index (χ1) is 10.7. The number of nitrogens with zero attached hydrogens (tertiary/aromatic N) is 4. The Kier molecular flexibility index (Phi) is 4.00. The SMILES string of the molecule is CNC(=O)c1cccc([C@H]2CCCN2c2cc(C)ncn2)n1. The zero-order valence-electron chi connectivity index (χ0n) is 12.8. The average molecular weight is 297 g/mol. The zero-order valence-corrected chi connectivity index (χ0v) is 12.8. The standard InChI is InChI=1S/C16H19N5O/c1-11-9-15(19-10-18-11)21-8-4-7-14(21)12-5-3-6-13(20-12)16(22)17-2/h3,5-6,9-10,14H,4,7-8H2,1-2H3,(H,17,22)/t14-/m1/s1. The molecule has 0 saturated carbocycles. The number of aryl methyl sites for hydroxylation is 1. The molecule has 1 amide bonds. The fourth-order valence-corrected chi connectivity index (χ4v) is 2.84. The molecule has 6 nitrogen and oxygen atoms in total. The van der Waals surface area contributed by atoms with Gasteiger partial charge in [-0.15, -0.1) is 0 Å². The van der Waals surface area contributed by atoms with Crippen molar-refractivity contribution < 1.29 is 4.79 Å². The third kappa shape index (κ3) is 2.77. The molecule has 0 aromatic carbocycles. The summed E-state index contributed by atoms with van der Waals surface area (Å²) in [5.41, 5.74) is 2.31. The van der Waals surface area contributed by atoms with Gasteiger partial charge < -0.3 is 10.2 Å². The number of hydrogen-bond acceptors (Lipinski definition) is 5. The summed E-state index contributed by atoms with van der Waals surface area (Å²) in [7, 11) is 1.61. The zero-order chi connectivity index (χ0) is 15.5. The molecule has 22 heavy (non-hydrogen) atoms. The van der Waals surface area contributed by atoms with Crippen LogP contribution in [-0.4, -0.2) is 34.5 Å². The second-order valence-electron chi connectivity index (χ2n) is 5.40. The lowest BCUT2D eigenvalue weighted by atomic mass is 10.1. The van der Waals surface area contributed by atoms with Gasteiger partial charge in [-0.1, -0.05) is 6.07 Å². The summed E-state index contributed by atoms with van der Waals surface area (Å²) >= 11 is 0. The molecular weight excluding hydrogens is 278 g/mol. The van der Waals surface area contributed by atoms with E-state index in [0.717, 1.165) is 36.6 Å². The Morgan fingerprint density at radius 3 is 3.00 bits per heavy atom. The van der Waals surface area contributed by atoms with E-state index in [1.54, 1.807) is 19.4 Å². The van der Waals surface area contributed by atoms with Gasteiger partial charge in [0.05, 0.1) is 11.7 Å². The fraction of sp³-hybridized carbons (Fsp3) is 0.375. The van der Waals surface area contributed by atoms with Gasteiger partial charge >= 0.3 is 0 Å². The molecule has 1 aliphatic heterocycles. The van der Waals surface area contributed by atoms with Crippen LogP contribution in [0, 0.1) is 6.92 Å². The van der Waals surface area contributed by atoms with Crippen LogP contribution in [0.2, 0.25) is 0 Å². The first-order valence-corrected chi connectivity index (χ1v) is 7.43. The number of amides is 1. The number of hydrogen-bond donors (Lipinski definition) is 1. The molecule has 1 aliphatic rings. The summed E-state index contributed by atoms with van der Waals surface area (Å²) in [5.74, 6) is 0.756. The molecule has 1 fully saturated rings. The molecule has 2 aromatic heterocycles. The Morgan fingerprint density at radius 1 is 1.36 bits per heavy atom. The number of pyridine rings is 1. The summed E-state index contributed by atoms with van der Waals surface area (Å²) in [6.07, 6.45) is 3.68. The van der Waals surface area contributed by atoms with Gasteiger partial charge in [-0.2, -0.15) is 0 Å². The van der Waals surface area contributed by atoms with Gasteiger partial charge in [-0.05, 0) is 31.9 Å². The second-order valence-corrected chi connectivity index (χ2v) is 5.40. The van der Waals surface area contributed by atoms with Crippen LogP contribution in [0.4, 0.5) is 5.82 Å². The van der Waals surface area contributed by atoms with Gasteiger partial charge in [-0.3, -0.25) is 4.79 Å². The van der Waals surface area contributed by atoms with Gasteiger partial charge in [-0.25, -0.2) is 15.0 Å². The van der Waals surface area contributed by atoms with E-state index >= 15 is 0 Å². The quantitative estimate of drug-likeness (QED) is 0.936. The summed E-state index contributed by atoms with van der Waals surface area (Å²) in [6.45, 7) is 2.90. The summed E-state index contributed by atoms with van der Waals surface area (Å²) in [5, 5.41) is 2.61. The van der Waals surface area contributed by atoms with E-state index in [4.69, 9.17) is 0 Å². The summed E-state index contributed by atoms with van der Waals surface area (Å²) in [6, 6.07) is 7.73. The molecule has 114 valence electrons. The molecular formula is C16H19N5O. The lowest BCUT2D eigenvalue weighted by molar-refractivity contribution is 0.0958. The highest BCUT2D eigenvalue weighted by Gasteiger charge is 2.28. The number of nitrogens with one attached hydrogen (secondary N) is 1. The Bertz CT molecular complexity index is 688. The van der Waals surface area contributed by atoms with E-state index < -0.39 is 0 Å². The monoisotopic (exact) mass is 297 g/mol. The molecule has 1 saturated heterocycles. The van der Waals surface area contributed by atoms with Gasteiger partial charge in [0.25, 0.3) is 5.91 Å². The van der Waals surface area contributed by atoms with Gasteiger partial charge in [0, 0.05) is 25.4 Å².